The van der Waals surface area contributed by atoms with E-state index in [2.05, 4.69) is 21.9 Å². The van der Waals surface area contributed by atoms with Crippen LogP contribution >= 0.6 is 0 Å². The maximum Gasteiger partial charge on any atom is 0.307 e. The Hall–Kier alpha value is -2.32. The summed E-state index contributed by atoms with van der Waals surface area (Å²) >= 11 is 0. The van der Waals surface area contributed by atoms with Crippen molar-refractivity contribution in [1.82, 2.24) is 5.32 Å². The molecule has 0 fully saturated rings. The fraction of sp³-hybridized carbons (Fsp3) is 0.333. The van der Waals surface area contributed by atoms with Crippen molar-refractivity contribution >= 4 is 11.9 Å². The third kappa shape index (κ3) is 4.75. The number of ether oxygens (including phenoxy) is 1. The first kappa shape index (κ1) is 15.7. The van der Waals surface area contributed by atoms with Crippen LogP contribution in [-0.2, 0) is 9.53 Å². The molecule has 106 valence electrons. The molecule has 5 heteroatoms. The summed E-state index contributed by atoms with van der Waals surface area (Å²) in [5.41, 5.74) is 7.59. The van der Waals surface area contributed by atoms with Crippen molar-refractivity contribution in [3.63, 3.8) is 0 Å². The molecule has 1 amide bonds. The lowest BCUT2D eigenvalue weighted by molar-refractivity contribution is -0.140. The molecule has 0 unspecified atom stereocenters. The normalized spacial score (nSPS) is 9.35. The van der Waals surface area contributed by atoms with Crippen LogP contribution in [0.4, 0.5) is 0 Å². The molecule has 0 radical (unpaired) electrons. The third-order valence-electron chi connectivity index (χ3n) is 2.67. The highest BCUT2D eigenvalue weighted by Crippen LogP contribution is 2.10. The Kier molecular flexibility index (Phi) is 6.27. The number of esters is 1. The van der Waals surface area contributed by atoms with Gasteiger partial charge in [-0.15, -0.1) is 0 Å². The van der Waals surface area contributed by atoms with E-state index in [0.29, 0.717) is 5.56 Å². The summed E-state index contributed by atoms with van der Waals surface area (Å²) in [7, 11) is 1.31. The molecule has 1 aromatic carbocycles. The lowest BCUT2D eigenvalue weighted by Gasteiger charge is -2.06. The monoisotopic (exact) mass is 274 g/mol. The zero-order valence-electron chi connectivity index (χ0n) is 11.7. The van der Waals surface area contributed by atoms with E-state index in [0.717, 1.165) is 11.1 Å². The lowest BCUT2D eigenvalue weighted by atomic mass is 10.0. The molecule has 0 aliphatic rings. The highest BCUT2D eigenvalue weighted by molar-refractivity contribution is 5.94. The molecule has 0 aliphatic heterocycles. The Morgan fingerprint density at radius 2 is 2.15 bits per heavy atom. The molecule has 0 saturated carbocycles. The van der Waals surface area contributed by atoms with Gasteiger partial charge in [0.1, 0.15) is 0 Å². The average molecular weight is 274 g/mol. The first-order chi connectivity index (χ1) is 9.58. The minimum Gasteiger partial charge on any atom is -0.469 e. The average Bonchev–Trinajstić information content (AvgIpc) is 2.46. The highest BCUT2D eigenvalue weighted by atomic mass is 16.5. The second-order valence-electron chi connectivity index (χ2n) is 4.12. The van der Waals surface area contributed by atoms with Crippen LogP contribution in [0.25, 0.3) is 0 Å². The summed E-state index contributed by atoms with van der Waals surface area (Å²) in [6.07, 6.45) is 0.147. The Morgan fingerprint density at radius 3 is 2.80 bits per heavy atom. The molecule has 0 aromatic heterocycles. The van der Waals surface area contributed by atoms with E-state index >= 15 is 0 Å². The molecular weight excluding hydrogens is 256 g/mol. The molecule has 5 nitrogen and oxygen atoms in total. The molecule has 0 heterocycles. The van der Waals surface area contributed by atoms with Crippen molar-refractivity contribution in [3.05, 3.63) is 34.9 Å². The molecule has 0 bridgehead atoms. The van der Waals surface area contributed by atoms with Crippen LogP contribution < -0.4 is 11.1 Å². The van der Waals surface area contributed by atoms with Gasteiger partial charge in [0.2, 0.25) is 0 Å². The van der Waals surface area contributed by atoms with E-state index in [9.17, 15) is 9.59 Å². The molecule has 0 atom stereocenters. The standard InChI is InChI=1S/C15H18N2O3/c1-11-5-6-13(10-12(11)4-3-8-16)15(19)17-9-7-14(18)20-2/h5-6,10H,7-9,16H2,1-2H3,(H,17,19). The van der Waals surface area contributed by atoms with Crippen molar-refractivity contribution in [1.29, 1.82) is 0 Å². The minimum atomic E-state index is -0.358. The first-order valence-corrected chi connectivity index (χ1v) is 6.23. The number of hydrogen-bond acceptors (Lipinski definition) is 4. The van der Waals surface area contributed by atoms with Crippen molar-refractivity contribution < 1.29 is 14.3 Å². The van der Waals surface area contributed by atoms with E-state index in [1.54, 1.807) is 12.1 Å². The minimum absolute atomic E-state index is 0.147. The molecule has 1 rings (SSSR count). The number of nitrogens with one attached hydrogen (secondary N) is 1. The van der Waals surface area contributed by atoms with Gasteiger partial charge in [0.05, 0.1) is 20.1 Å². The number of carbonyl (C=O) groups is 2. The lowest BCUT2D eigenvalue weighted by Crippen LogP contribution is -2.26. The van der Waals surface area contributed by atoms with E-state index in [1.807, 2.05) is 13.0 Å². The largest absolute Gasteiger partial charge is 0.469 e. The predicted octanol–water partition coefficient (Wildman–Crippen LogP) is 0.598. The fourth-order valence-electron chi connectivity index (χ4n) is 1.53. The Morgan fingerprint density at radius 1 is 1.40 bits per heavy atom. The SMILES string of the molecule is COC(=O)CCNC(=O)c1ccc(C)c(C#CCN)c1. The van der Waals surface area contributed by atoms with Gasteiger partial charge >= 0.3 is 5.97 Å². The van der Waals surface area contributed by atoms with Gasteiger partial charge < -0.3 is 15.8 Å². The van der Waals surface area contributed by atoms with Crippen molar-refractivity contribution in [2.75, 3.05) is 20.2 Å². The molecule has 3 N–H and O–H groups in total. The Bertz CT molecular complexity index is 556. The first-order valence-electron chi connectivity index (χ1n) is 6.23. The van der Waals surface area contributed by atoms with Crippen LogP contribution in [-0.4, -0.2) is 32.1 Å². The van der Waals surface area contributed by atoms with Crippen LogP contribution in [0.3, 0.4) is 0 Å². The second kappa shape index (κ2) is 7.97. The second-order valence-corrected chi connectivity index (χ2v) is 4.12. The van der Waals surface area contributed by atoms with Crippen LogP contribution in [0.15, 0.2) is 18.2 Å². The van der Waals surface area contributed by atoms with Crippen molar-refractivity contribution in [2.45, 2.75) is 13.3 Å². The number of carbonyl (C=O) groups excluding carboxylic acids is 2. The van der Waals surface area contributed by atoms with Crippen LogP contribution in [0.2, 0.25) is 0 Å². The molecule has 0 aliphatic carbocycles. The van der Waals surface area contributed by atoms with Gasteiger partial charge in [0.25, 0.3) is 5.91 Å². The van der Waals surface area contributed by atoms with E-state index in [1.165, 1.54) is 7.11 Å². The summed E-state index contributed by atoms with van der Waals surface area (Å²) in [5, 5.41) is 2.65. The summed E-state index contributed by atoms with van der Waals surface area (Å²) in [6.45, 7) is 2.43. The van der Waals surface area contributed by atoms with Crippen LogP contribution in [0, 0.1) is 18.8 Å². The summed E-state index contributed by atoms with van der Waals surface area (Å²) in [5.74, 6) is 5.08. The fourth-order valence-corrected chi connectivity index (χ4v) is 1.53. The van der Waals surface area contributed by atoms with Gasteiger partial charge in [-0.3, -0.25) is 9.59 Å². The molecular formula is C15H18N2O3. The van der Waals surface area contributed by atoms with E-state index in [4.69, 9.17) is 5.73 Å². The van der Waals surface area contributed by atoms with Crippen LogP contribution in [0.5, 0.6) is 0 Å². The zero-order chi connectivity index (χ0) is 15.0. The molecule has 1 aromatic rings. The third-order valence-corrected chi connectivity index (χ3v) is 2.67. The van der Waals surface area contributed by atoms with Crippen molar-refractivity contribution in [2.24, 2.45) is 5.73 Å². The smallest absolute Gasteiger partial charge is 0.307 e. The summed E-state index contributed by atoms with van der Waals surface area (Å²) in [6, 6.07) is 5.26. The molecule has 20 heavy (non-hydrogen) atoms. The van der Waals surface area contributed by atoms with Gasteiger partial charge in [-0.1, -0.05) is 17.9 Å². The number of nitrogens with two attached hydrogens (primary N) is 1. The van der Waals surface area contributed by atoms with Gasteiger partial charge in [0.15, 0.2) is 0 Å². The molecule has 0 spiro atoms. The predicted molar refractivity (Wildman–Crippen MR) is 76.1 cm³/mol. The van der Waals surface area contributed by atoms with E-state index in [-0.39, 0.29) is 31.4 Å². The number of amides is 1. The van der Waals surface area contributed by atoms with Gasteiger partial charge in [-0.2, -0.15) is 0 Å². The van der Waals surface area contributed by atoms with Crippen molar-refractivity contribution in [3.8, 4) is 11.8 Å². The van der Waals surface area contributed by atoms with Gasteiger partial charge in [-0.25, -0.2) is 0 Å². The zero-order valence-corrected chi connectivity index (χ0v) is 11.7. The van der Waals surface area contributed by atoms with Gasteiger partial charge in [0, 0.05) is 17.7 Å². The maximum atomic E-state index is 11.9. The Labute approximate surface area is 118 Å². The number of hydrogen-bond donors (Lipinski definition) is 2. The number of aryl methyl sites for hydroxylation is 1. The quantitative estimate of drug-likeness (QED) is 0.622. The highest BCUT2D eigenvalue weighted by Gasteiger charge is 2.08. The topological polar surface area (TPSA) is 81.4 Å². The number of rotatable bonds is 4. The van der Waals surface area contributed by atoms with Gasteiger partial charge in [-0.05, 0) is 24.6 Å². The number of benzene rings is 1. The summed E-state index contributed by atoms with van der Waals surface area (Å²) in [4.78, 5) is 22.9. The number of methoxy groups -OCH3 is 1. The summed E-state index contributed by atoms with van der Waals surface area (Å²) < 4.78 is 4.50. The van der Waals surface area contributed by atoms with E-state index < -0.39 is 0 Å². The maximum absolute atomic E-state index is 11.9. The van der Waals surface area contributed by atoms with Crippen LogP contribution in [0.1, 0.15) is 27.9 Å². The molecule has 0 saturated heterocycles. The Balaban J connectivity index is 2.71.